The van der Waals surface area contributed by atoms with E-state index >= 15 is 0 Å². The molecule has 2 atom stereocenters. The van der Waals surface area contributed by atoms with Gasteiger partial charge in [-0.1, -0.05) is 56.8 Å². The third-order valence-corrected chi connectivity index (χ3v) is 4.62. The average Bonchev–Trinajstić information content (AvgIpc) is 2.54. The first-order valence-electron chi connectivity index (χ1n) is 6.95. The van der Waals surface area contributed by atoms with Gasteiger partial charge in [-0.25, -0.2) is 0 Å². The summed E-state index contributed by atoms with van der Waals surface area (Å²) in [5.41, 5.74) is 0.628. The lowest BCUT2D eigenvalue weighted by Gasteiger charge is -2.31. The molecule has 0 radical (unpaired) electrons. The summed E-state index contributed by atoms with van der Waals surface area (Å²) < 4.78 is 5.24. The van der Waals surface area contributed by atoms with Crippen molar-refractivity contribution in [3.05, 3.63) is 53.8 Å². The van der Waals surface area contributed by atoms with Crippen molar-refractivity contribution in [2.45, 2.75) is 24.0 Å². The Morgan fingerprint density at radius 1 is 1.36 bits per heavy atom. The molecule has 1 aromatic carbocycles. The van der Waals surface area contributed by atoms with Crippen molar-refractivity contribution >= 4 is 35.4 Å². The van der Waals surface area contributed by atoms with E-state index in [1.807, 2.05) is 32.0 Å². The molecule has 3 nitrogen and oxygen atoms in total. The van der Waals surface area contributed by atoms with Gasteiger partial charge in [-0.3, -0.25) is 9.59 Å². The summed E-state index contributed by atoms with van der Waals surface area (Å²) in [6, 6.07) is 7.30. The number of hydrogen-bond acceptors (Lipinski definition) is 4. The van der Waals surface area contributed by atoms with Crippen LogP contribution in [0.4, 0.5) is 0 Å². The van der Waals surface area contributed by atoms with E-state index < -0.39 is 5.92 Å². The molecule has 0 spiro atoms. The van der Waals surface area contributed by atoms with E-state index in [1.54, 1.807) is 6.07 Å². The van der Waals surface area contributed by atoms with Gasteiger partial charge in [-0.15, -0.1) is 11.8 Å². The molecule has 2 unspecified atom stereocenters. The molecule has 5 heteroatoms. The number of halogens is 1. The van der Waals surface area contributed by atoms with E-state index in [2.05, 4.69) is 13.2 Å². The van der Waals surface area contributed by atoms with Crippen molar-refractivity contribution in [3.63, 3.8) is 0 Å². The fourth-order valence-corrected chi connectivity index (χ4v) is 3.71. The lowest BCUT2D eigenvalue weighted by atomic mass is 9.92. The molecular formula is C17H19ClO3S. The van der Waals surface area contributed by atoms with E-state index in [0.29, 0.717) is 17.6 Å². The maximum Gasteiger partial charge on any atom is 0.173 e. The summed E-state index contributed by atoms with van der Waals surface area (Å²) in [4.78, 5) is 23.8. The van der Waals surface area contributed by atoms with Gasteiger partial charge in [0.1, 0.15) is 12.4 Å². The first-order valence-corrected chi connectivity index (χ1v) is 8.21. The van der Waals surface area contributed by atoms with Crippen molar-refractivity contribution < 1.29 is 14.3 Å². The highest BCUT2D eigenvalue weighted by Gasteiger charge is 2.39. The summed E-state index contributed by atoms with van der Waals surface area (Å²) in [6.07, 6.45) is 0.638. The zero-order valence-electron chi connectivity index (χ0n) is 12.7. The van der Waals surface area contributed by atoms with Crippen LogP contribution in [0.3, 0.4) is 0 Å². The number of carbonyl (C=O) groups excluding carboxylic acids is 2. The van der Waals surface area contributed by atoms with Gasteiger partial charge in [0.25, 0.3) is 0 Å². The molecule has 118 valence electrons. The highest BCUT2D eigenvalue weighted by molar-refractivity contribution is 8.00. The molecule has 1 aliphatic rings. The summed E-state index contributed by atoms with van der Waals surface area (Å²) in [5, 5.41) is -0.125. The van der Waals surface area contributed by atoms with Gasteiger partial charge >= 0.3 is 0 Å². The van der Waals surface area contributed by atoms with Crippen LogP contribution < -0.4 is 0 Å². The number of ether oxygens (including phenoxy) is 1. The Kier molecular flexibility index (Phi) is 7.42. The standard InChI is InChI=1S/C15H13ClO3S.C2H6/c1-9(16)13-14(18)11-5-3-4-6-12(11)20-15(13)10(2)19-8-7-17;1-2/h3-7,13,15H,1-2,8H2;1-2H3. The lowest BCUT2D eigenvalue weighted by molar-refractivity contribution is -0.110. The number of allylic oxidation sites excluding steroid dienone is 1. The van der Waals surface area contributed by atoms with Crippen LogP contribution in [0.2, 0.25) is 0 Å². The molecule has 0 bridgehead atoms. The maximum atomic E-state index is 12.5. The molecule has 0 saturated carbocycles. The molecule has 1 heterocycles. The Balaban J connectivity index is 0.00000116. The number of ketones is 1. The monoisotopic (exact) mass is 338 g/mol. The molecular weight excluding hydrogens is 320 g/mol. The Hall–Kier alpha value is -1.52. The zero-order valence-corrected chi connectivity index (χ0v) is 14.2. The number of thioether (sulfide) groups is 1. The second-order valence-corrected chi connectivity index (χ2v) is 5.94. The molecule has 22 heavy (non-hydrogen) atoms. The van der Waals surface area contributed by atoms with Crippen LogP contribution in [0.5, 0.6) is 0 Å². The number of benzene rings is 1. The first-order chi connectivity index (χ1) is 10.6. The Morgan fingerprint density at radius 3 is 2.59 bits per heavy atom. The zero-order chi connectivity index (χ0) is 16.7. The van der Waals surface area contributed by atoms with Crippen LogP contribution in [-0.2, 0) is 9.53 Å². The molecule has 0 fully saturated rings. The van der Waals surface area contributed by atoms with Crippen LogP contribution in [0.1, 0.15) is 24.2 Å². The predicted octanol–water partition coefficient (Wildman–Crippen LogP) is 4.47. The maximum absolute atomic E-state index is 12.5. The molecule has 0 amide bonds. The van der Waals surface area contributed by atoms with Gasteiger partial charge in [0, 0.05) is 15.5 Å². The van der Waals surface area contributed by atoms with Crippen LogP contribution >= 0.6 is 23.4 Å². The number of fused-ring (bicyclic) bond motifs is 1. The van der Waals surface area contributed by atoms with Crippen LogP contribution in [0, 0.1) is 5.92 Å². The SMILES string of the molecule is C=C(OCC=O)C1Sc2ccccc2C(=O)C1C(=C)Cl.CC. The van der Waals surface area contributed by atoms with Crippen molar-refractivity contribution in [3.8, 4) is 0 Å². The van der Waals surface area contributed by atoms with E-state index in [-0.39, 0.29) is 22.7 Å². The molecule has 0 aromatic heterocycles. The van der Waals surface area contributed by atoms with Crippen LogP contribution in [0.25, 0.3) is 0 Å². The molecule has 0 saturated heterocycles. The van der Waals surface area contributed by atoms with Crippen LogP contribution in [0.15, 0.2) is 53.1 Å². The molecule has 1 aliphatic heterocycles. The highest BCUT2D eigenvalue weighted by Crippen LogP contribution is 2.44. The quantitative estimate of drug-likeness (QED) is 0.587. The molecule has 1 aromatic rings. The topological polar surface area (TPSA) is 43.4 Å². The van der Waals surface area contributed by atoms with Crippen LogP contribution in [-0.4, -0.2) is 23.9 Å². The fourth-order valence-electron chi connectivity index (χ4n) is 2.06. The van der Waals surface area contributed by atoms with Gasteiger partial charge < -0.3 is 4.74 Å². The van der Waals surface area contributed by atoms with E-state index in [9.17, 15) is 9.59 Å². The predicted molar refractivity (Wildman–Crippen MR) is 91.4 cm³/mol. The highest BCUT2D eigenvalue weighted by atomic mass is 35.5. The van der Waals surface area contributed by atoms with E-state index in [1.165, 1.54) is 11.8 Å². The van der Waals surface area contributed by atoms with Gasteiger partial charge in [0.15, 0.2) is 12.1 Å². The van der Waals surface area contributed by atoms with Gasteiger partial charge in [0.05, 0.1) is 11.2 Å². The molecule has 0 aliphatic carbocycles. The number of Topliss-reactive ketones (excluding diaryl/α,β-unsaturated/α-hetero) is 1. The summed E-state index contributed by atoms with van der Waals surface area (Å²) in [5.74, 6) is -0.340. The second-order valence-electron chi connectivity index (χ2n) is 4.27. The van der Waals surface area contributed by atoms with Crippen molar-refractivity contribution in [1.29, 1.82) is 0 Å². The normalized spacial score (nSPS) is 19.3. The molecule has 2 rings (SSSR count). The fraction of sp³-hybridized carbons (Fsp3) is 0.294. The van der Waals surface area contributed by atoms with Gasteiger partial charge in [-0.05, 0) is 6.07 Å². The Labute approximate surface area is 140 Å². The largest absolute Gasteiger partial charge is 0.490 e. The van der Waals surface area contributed by atoms with E-state index in [4.69, 9.17) is 16.3 Å². The third-order valence-electron chi connectivity index (χ3n) is 2.98. The van der Waals surface area contributed by atoms with Crippen molar-refractivity contribution in [1.82, 2.24) is 0 Å². The third kappa shape index (κ3) is 4.02. The second kappa shape index (κ2) is 8.81. The van der Waals surface area contributed by atoms with Gasteiger partial charge in [-0.2, -0.15) is 0 Å². The summed E-state index contributed by atoms with van der Waals surface area (Å²) in [6.45, 7) is 11.4. The van der Waals surface area contributed by atoms with E-state index in [0.717, 1.165) is 4.90 Å². The minimum atomic E-state index is -0.601. The average molecular weight is 339 g/mol. The van der Waals surface area contributed by atoms with Gasteiger partial charge in [0.2, 0.25) is 0 Å². The number of rotatable bonds is 5. The lowest BCUT2D eigenvalue weighted by Crippen LogP contribution is -2.32. The number of hydrogen-bond donors (Lipinski definition) is 0. The minimum Gasteiger partial charge on any atom is -0.490 e. The molecule has 0 N–H and O–H groups in total. The Bertz CT molecular complexity index is 583. The summed E-state index contributed by atoms with van der Waals surface area (Å²) >= 11 is 7.45. The van der Waals surface area contributed by atoms with Crippen molar-refractivity contribution in [2.75, 3.05) is 6.61 Å². The number of aldehydes is 1. The number of carbonyl (C=O) groups is 2. The smallest absolute Gasteiger partial charge is 0.173 e. The minimum absolute atomic E-state index is 0.0901. The summed E-state index contributed by atoms with van der Waals surface area (Å²) in [7, 11) is 0. The first kappa shape index (κ1) is 18.5. The van der Waals surface area contributed by atoms with Crippen molar-refractivity contribution in [2.24, 2.45) is 5.92 Å². The Morgan fingerprint density at radius 2 is 2.00 bits per heavy atom.